The monoisotopic (exact) mass is 454 g/mol. The number of rotatable bonds is 5. The zero-order chi connectivity index (χ0) is 22.9. The Bertz CT molecular complexity index is 1120. The summed E-state index contributed by atoms with van der Waals surface area (Å²) in [5, 5.41) is 7.12. The first-order valence-corrected chi connectivity index (χ1v) is 11.3. The first-order chi connectivity index (χ1) is 15.2. The first kappa shape index (κ1) is 22.4. The maximum absolute atomic E-state index is 13.1. The number of carbonyl (C=O) groups excluding carboxylic acids is 2. The lowest BCUT2D eigenvalue weighted by Gasteiger charge is -2.38. The number of furan rings is 1. The van der Waals surface area contributed by atoms with Crippen molar-refractivity contribution >= 4 is 45.8 Å². The number of fused-ring (bicyclic) bond motifs is 1. The van der Waals surface area contributed by atoms with Crippen molar-refractivity contribution in [2.45, 2.75) is 31.7 Å². The van der Waals surface area contributed by atoms with Crippen molar-refractivity contribution in [3.8, 4) is 0 Å². The van der Waals surface area contributed by atoms with E-state index in [-0.39, 0.29) is 17.6 Å². The van der Waals surface area contributed by atoms with Crippen LogP contribution >= 0.6 is 11.6 Å². The van der Waals surface area contributed by atoms with E-state index < -0.39 is 5.91 Å². The molecule has 0 aliphatic heterocycles. The molecule has 0 spiro atoms. The molecular weight excluding hydrogens is 426 g/mol. The van der Waals surface area contributed by atoms with Crippen molar-refractivity contribution in [1.29, 1.82) is 0 Å². The second-order valence-corrected chi connectivity index (χ2v) is 9.81. The lowest BCUT2D eigenvalue weighted by molar-refractivity contribution is -0.897. The average molecular weight is 455 g/mol. The van der Waals surface area contributed by atoms with E-state index in [4.69, 9.17) is 16.0 Å². The summed E-state index contributed by atoms with van der Waals surface area (Å²) in [6, 6.07) is 14.7. The molecule has 6 nitrogen and oxygen atoms in total. The summed E-state index contributed by atoms with van der Waals surface area (Å²) in [4.78, 5) is 26.1. The zero-order valence-corrected chi connectivity index (χ0v) is 19.4. The van der Waals surface area contributed by atoms with Crippen LogP contribution in [0.5, 0.6) is 0 Å². The van der Waals surface area contributed by atoms with Gasteiger partial charge in [-0.25, -0.2) is 0 Å². The van der Waals surface area contributed by atoms with Crippen molar-refractivity contribution in [3.05, 3.63) is 59.3 Å². The van der Waals surface area contributed by atoms with Crippen LogP contribution in [0, 0.1) is 5.92 Å². The van der Waals surface area contributed by atoms with Gasteiger partial charge >= 0.3 is 0 Å². The summed E-state index contributed by atoms with van der Waals surface area (Å²) in [5.74, 6) is -0.460. The van der Waals surface area contributed by atoms with Crippen LogP contribution in [0.15, 0.2) is 52.9 Å². The Kier molecular flexibility index (Phi) is 6.26. The number of benzene rings is 2. The molecule has 2 aromatic carbocycles. The van der Waals surface area contributed by atoms with E-state index in [0.717, 1.165) is 30.2 Å². The third kappa shape index (κ3) is 4.81. The molecular formula is C25H29ClN3O3+. The van der Waals surface area contributed by atoms with Crippen LogP contribution in [-0.2, 0) is 4.79 Å². The topological polar surface area (TPSA) is 71.3 Å². The summed E-state index contributed by atoms with van der Waals surface area (Å²) in [7, 11) is 6.61. The third-order valence-electron chi connectivity index (χ3n) is 6.31. The molecule has 2 amide bonds. The van der Waals surface area contributed by atoms with E-state index in [0.29, 0.717) is 33.4 Å². The van der Waals surface area contributed by atoms with Crippen molar-refractivity contribution in [2.75, 3.05) is 31.8 Å². The molecule has 7 heteroatoms. The third-order valence-corrected chi connectivity index (χ3v) is 6.57. The van der Waals surface area contributed by atoms with Gasteiger partial charge in [-0.15, -0.1) is 0 Å². The Labute approximate surface area is 193 Å². The minimum absolute atomic E-state index is 0.0584. The number of nitrogens with one attached hydrogen (secondary N) is 2. The molecule has 1 fully saturated rings. The molecule has 1 aromatic heterocycles. The van der Waals surface area contributed by atoms with Crippen LogP contribution in [0.4, 0.5) is 11.4 Å². The number of anilines is 2. The number of nitrogens with zero attached hydrogens (tertiary/aromatic N) is 1. The van der Waals surface area contributed by atoms with E-state index >= 15 is 0 Å². The van der Waals surface area contributed by atoms with E-state index in [9.17, 15) is 9.59 Å². The van der Waals surface area contributed by atoms with Crippen molar-refractivity contribution in [2.24, 2.45) is 5.92 Å². The van der Waals surface area contributed by atoms with E-state index in [1.54, 1.807) is 30.3 Å². The van der Waals surface area contributed by atoms with Gasteiger partial charge in [0.25, 0.3) is 5.91 Å². The van der Waals surface area contributed by atoms with Crippen molar-refractivity contribution in [3.63, 3.8) is 0 Å². The van der Waals surface area contributed by atoms with Crippen molar-refractivity contribution < 1.29 is 18.5 Å². The summed E-state index contributed by atoms with van der Waals surface area (Å²) >= 11 is 5.93. The minimum atomic E-state index is -0.424. The van der Waals surface area contributed by atoms with Crippen LogP contribution in [0.25, 0.3) is 11.0 Å². The predicted molar refractivity (Wildman–Crippen MR) is 128 cm³/mol. The largest absolute Gasteiger partial charge is 0.449 e. The van der Waals surface area contributed by atoms with Crippen LogP contribution in [0.1, 0.15) is 36.2 Å². The number of hydrogen-bond acceptors (Lipinski definition) is 3. The van der Waals surface area contributed by atoms with Gasteiger partial charge in [-0.1, -0.05) is 23.7 Å². The van der Waals surface area contributed by atoms with Gasteiger partial charge in [0.1, 0.15) is 11.3 Å². The van der Waals surface area contributed by atoms with E-state index in [1.165, 1.54) is 0 Å². The van der Waals surface area contributed by atoms with Crippen LogP contribution in [0.2, 0.25) is 5.02 Å². The Morgan fingerprint density at radius 2 is 1.59 bits per heavy atom. The maximum atomic E-state index is 13.1. The molecule has 0 atom stereocenters. The Morgan fingerprint density at radius 1 is 0.938 bits per heavy atom. The van der Waals surface area contributed by atoms with Crippen LogP contribution in [-0.4, -0.2) is 43.5 Å². The minimum Gasteiger partial charge on any atom is -0.449 e. The molecule has 1 aliphatic rings. The Balaban J connectivity index is 1.55. The number of halogens is 1. The van der Waals surface area contributed by atoms with Gasteiger partial charge in [0.15, 0.2) is 0 Å². The molecule has 0 bridgehead atoms. The smallest absolute Gasteiger partial charge is 0.293 e. The summed E-state index contributed by atoms with van der Waals surface area (Å²) < 4.78 is 6.76. The number of amides is 2. The van der Waals surface area contributed by atoms with Gasteiger partial charge in [-0.2, -0.15) is 0 Å². The van der Waals surface area contributed by atoms with Crippen molar-refractivity contribution in [1.82, 2.24) is 0 Å². The van der Waals surface area contributed by atoms with Gasteiger partial charge in [0.05, 0.1) is 27.2 Å². The SMILES string of the molecule is C[N+](C)(C)[C@H]1CC[C@H](C(=O)Nc2c(C(=O)Nc3ccc(Cl)cc3)oc3ccccc23)CC1. The number of para-hydroxylation sites is 1. The molecule has 1 saturated carbocycles. The van der Waals surface area contributed by atoms with Crippen LogP contribution < -0.4 is 10.6 Å². The second kappa shape index (κ2) is 8.96. The molecule has 1 aliphatic carbocycles. The number of hydrogen-bond donors (Lipinski definition) is 2. The summed E-state index contributed by atoms with van der Waals surface area (Å²) in [5.41, 5.74) is 1.57. The highest BCUT2D eigenvalue weighted by atomic mass is 35.5. The van der Waals surface area contributed by atoms with Gasteiger partial charge in [-0.3, -0.25) is 9.59 Å². The molecule has 0 radical (unpaired) electrons. The highest BCUT2D eigenvalue weighted by Gasteiger charge is 2.33. The fraction of sp³-hybridized carbons (Fsp3) is 0.360. The van der Waals surface area contributed by atoms with Gasteiger partial charge in [0, 0.05) is 34.9 Å². The van der Waals surface area contributed by atoms with Gasteiger partial charge in [0.2, 0.25) is 11.7 Å². The van der Waals surface area contributed by atoms with Gasteiger partial charge in [-0.05, 0) is 49.2 Å². The highest BCUT2D eigenvalue weighted by molar-refractivity contribution is 6.30. The van der Waals surface area contributed by atoms with E-state index in [1.807, 2.05) is 18.2 Å². The lowest BCUT2D eigenvalue weighted by atomic mass is 9.84. The fourth-order valence-electron chi connectivity index (χ4n) is 4.39. The molecule has 32 heavy (non-hydrogen) atoms. The average Bonchev–Trinajstić information content (AvgIpc) is 3.13. The molecule has 2 N–H and O–H groups in total. The quantitative estimate of drug-likeness (QED) is 0.497. The normalized spacial score (nSPS) is 19.0. The summed E-state index contributed by atoms with van der Waals surface area (Å²) in [6.45, 7) is 0. The molecule has 0 unspecified atom stereocenters. The first-order valence-electron chi connectivity index (χ1n) is 10.9. The van der Waals surface area contributed by atoms with Crippen LogP contribution in [0.3, 0.4) is 0 Å². The molecule has 168 valence electrons. The molecule has 1 heterocycles. The number of quaternary nitrogens is 1. The lowest BCUT2D eigenvalue weighted by Crippen LogP contribution is -2.47. The number of carbonyl (C=O) groups is 2. The fourth-order valence-corrected chi connectivity index (χ4v) is 4.51. The Morgan fingerprint density at radius 3 is 2.25 bits per heavy atom. The standard InChI is InChI=1S/C25H28ClN3O3/c1-29(2,3)19-14-8-16(9-15-19)24(30)28-22-20-6-4-5-7-21(20)32-23(22)25(31)27-18-12-10-17(26)11-13-18/h4-7,10-13,16,19H,8-9,14-15H2,1-3H3,(H-,27,28,30,31)/p+1/t16-,19-. The second-order valence-electron chi connectivity index (χ2n) is 9.37. The van der Waals surface area contributed by atoms with Gasteiger partial charge < -0.3 is 19.5 Å². The molecule has 4 rings (SSSR count). The highest BCUT2D eigenvalue weighted by Crippen LogP contribution is 2.34. The zero-order valence-electron chi connectivity index (χ0n) is 18.7. The predicted octanol–water partition coefficient (Wildman–Crippen LogP) is 5.54. The van der Waals surface area contributed by atoms with E-state index in [2.05, 4.69) is 31.8 Å². The molecule has 3 aromatic rings. The Hall–Kier alpha value is -2.83. The maximum Gasteiger partial charge on any atom is 0.293 e. The molecule has 0 saturated heterocycles. The summed E-state index contributed by atoms with van der Waals surface area (Å²) in [6.07, 6.45) is 3.71.